The van der Waals surface area contributed by atoms with Gasteiger partial charge in [0.25, 0.3) is 5.91 Å². The van der Waals surface area contributed by atoms with Gasteiger partial charge in [-0.25, -0.2) is 0 Å². The molecule has 0 aliphatic carbocycles. The third-order valence-electron chi connectivity index (χ3n) is 3.23. The minimum absolute atomic E-state index is 0.128. The van der Waals surface area contributed by atoms with Crippen molar-refractivity contribution < 1.29 is 4.79 Å². The monoisotopic (exact) mass is 285 g/mol. The van der Waals surface area contributed by atoms with E-state index < -0.39 is 0 Å². The Hall–Kier alpha value is -2.28. The van der Waals surface area contributed by atoms with Crippen molar-refractivity contribution >= 4 is 5.91 Å². The first-order chi connectivity index (χ1) is 10.1. The van der Waals surface area contributed by atoms with Gasteiger partial charge in [-0.15, -0.1) is 0 Å². The van der Waals surface area contributed by atoms with Crippen molar-refractivity contribution in [1.29, 1.82) is 5.26 Å². The Morgan fingerprint density at radius 2 is 2.10 bits per heavy atom. The van der Waals surface area contributed by atoms with Gasteiger partial charge in [0.15, 0.2) is 0 Å². The van der Waals surface area contributed by atoms with Gasteiger partial charge < -0.3 is 10.2 Å². The van der Waals surface area contributed by atoms with Crippen LogP contribution in [-0.2, 0) is 4.79 Å². The zero-order valence-electron chi connectivity index (χ0n) is 13.0. The van der Waals surface area contributed by atoms with E-state index in [1.54, 1.807) is 6.20 Å². The van der Waals surface area contributed by atoms with Crippen molar-refractivity contribution in [2.45, 2.75) is 32.7 Å². The van der Waals surface area contributed by atoms with Crippen LogP contribution in [0.2, 0.25) is 0 Å². The standard InChI is InChI=1S/C17H23N3O/c1-4-5-11-20(3)13-16(12-18)17(21)19-14(2)15-9-7-6-8-10-15/h6-10,13-14H,4-5,11H2,1-3H3,(H,19,21)/b16-13-. The summed E-state index contributed by atoms with van der Waals surface area (Å²) >= 11 is 0. The molecule has 0 heterocycles. The number of rotatable bonds is 7. The Morgan fingerprint density at radius 3 is 2.67 bits per heavy atom. The molecule has 1 rings (SSSR count). The number of hydrogen-bond acceptors (Lipinski definition) is 3. The highest BCUT2D eigenvalue weighted by molar-refractivity contribution is 5.97. The van der Waals surface area contributed by atoms with E-state index in [4.69, 9.17) is 5.26 Å². The first-order valence-corrected chi connectivity index (χ1v) is 7.26. The number of amides is 1. The molecule has 0 bridgehead atoms. The second-order valence-electron chi connectivity index (χ2n) is 5.09. The molecule has 1 atom stereocenters. The van der Waals surface area contributed by atoms with Crippen molar-refractivity contribution in [3.8, 4) is 6.07 Å². The summed E-state index contributed by atoms with van der Waals surface area (Å²) in [6, 6.07) is 11.5. The van der Waals surface area contributed by atoms with E-state index in [1.807, 2.05) is 55.3 Å². The summed E-state index contributed by atoms with van der Waals surface area (Å²) in [6.07, 6.45) is 3.73. The normalized spacial score (nSPS) is 12.4. The molecule has 0 saturated heterocycles. The fourth-order valence-corrected chi connectivity index (χ4v) is 1.93. The average Bonchev–Trinajstić information content (AvgIpc) is 2.51. The van der Waals surface area contributed by atoms with Crippen LogP contribution in [0, 0.1) is 11.3 Å². The van der Waals surface area contributed by atoms with Crippen LogP contribution in [0.4, 0.5) is 0 Å². The number of carbonyl (C=O) groups excluding carboxylic acids is 1. The van der Waals surface area contributed by atoms with Crippen LogP contribution in [0.5, 0.6) is 0 Å². The fourth-order valence-electron chi connectivity index (χ4n) is 1.93. The Bertz CT molecular complexity index is 517. The molecular formula is C17H23N3O. The molecule has 1 N–H and O–H groups in total. The average molecular weight is 285 g/mol. The van der Waals surface area contributed by atoms with E-state index in [-0.39, 0.29) is 17.5 Å². The molecule has 4 nitrogen and oxygen atoms in total. The quantitative estimate of drug-likeness (QED) is 0.619. The van der Waals surface area contributed by atoms with Crippen molar-refractivity contribution in [2.75, 3.05) is 13.6 Å². The predicted molar refractivity (Wildman–Crippen MR) is 84.2 cm³/mol. The van der Waals surface area contributed by atoms with Gasteiger partial charge in [0.1, 0.15) is 11.6 Å². The molecule has 1 aromatic carbocycles. The van der Waals surface area contributed by atoms with Gasteiger partial charge in [-0.3, -0.25) is 4.79 Å². The number of nitrogens with zero attached hydrogens (tertiary/aromatic N) is 2. The summed E-state index contributed by atoms with van der Waals surface area (Å²) in [7, 11) is 1.88. The molecule has 0 aliphatic rings. The molecule has 4 heteroatoms. The maximum Gasteiger partial charge on any atom is 0.263 e. The van der Waals surface area contributed by atoms with Crippen LogP contribution in [0.3, 0.4) is 0 Å². The number of hydrogen-bond donors (Lipinski definition) is 1. The summed E-state index contributed by atoms with van der Waals surface area (Å²) in [5.74, 6) is -0.336. The van der Waals surface area contributed by atoms with Crippen LogP contribution < -0.4 is 5.32 Å². The molecule has 0 aliphatic heterocycles. The highest BCUT2D eigenvalue weighted by Crippen LogP contribution is 2.12. The zero-order chi connectivity index (χ0) is 15.7. The smallest absolute Gasteiger partial charge is 0.263 e. The molecule has 0 spiro atoms. The fraction of sp³-hybridized carbons (Fsp3) is 0.412. The second-order valence-corrected chi connectivity index (χ2v) is 5.09. The largest absolute Gasteiger partial charge is 0.379 e. The lowest BCUT2D eigenvalue weighted by Crippen LogP contribution is -2.28. The van der Waals surface area contributed by atoms with Gasteiger partial charge in [0.2, 0.25) is 0 Å². The summed E-state index contributed by atoms with van der Waals surface area (Å²) < 4.78 is 0. The molecule has 1 aromatic rings. The zero-order valence-corrected chi connectivity index (χ0v) is 13.0. The second kappa shape index (κ2) is 8.80. The number of carbonyl (C=O) groups is 1. The van der Waals surface area contributed by atoms with Crippen LogP contribution in [-0.4, -0.2) is 24.4 Å². The van der Waals surface area contributed by atoms with Crippen LogP contribution in [0.15, 0.2) is 42.1 Å². The van der Waals surface area contributed by atoms with Crippen LogP contribution in [0.25, 0.3) is 0 Å². The summed E-state index contributed by atoms with van der Waals surface area (Å²) in [5.41, 5.74) is 1.15. The molecule has 1 unspecified atom stereocenters. The lowest BCUT2D eigenvalue weighted by atomic mass is 10.1. The summed E-state index contributed by atoms with van der Waals surface area (Å²) in [5, 5.41) is 12.0. The Kier molecular flexibility index (Phi) is 7.03. The maximum absolute atomic E-state index is 12.1. The lowest BCUT2D eigenvalue weighted by molar-refractivity contribution is -0.117. The Labute approximate surface area is 127 Å². The first kappa shape index (κ1) is 16.8. The van der Waals surface area contributed by atoms with E-state index in [0.717, 1.165) is 24.9 Å². The molecular weight excluding hydrogens is 262 g/mol. The van der Waals surface area contributed by atoms with Crippen molar-refractivity contribution in [1.82, 2.24) is 10.2 Å². The van der Waals surface area contributed by atoms with Gasteiger partial charge in [-0.2, -0.15) is 5.26 Å². The van der Waals surface area contributed by atoms with Gasteiger partial charge >= 0.3 is 0 Å². The van der Waals surface area contributed by atoms with E-state index >= 15 is 0 Å². The molecule has 0 aromatic heterocycles. The van der Waals surface area contributed by atoms with Crippen LogP contribution >= 0.6 is 0 Å². The third kappa shape index (κ3) is 5.70. The minimum atomic E-state index is -0.336. The van der Waals surface area contributed by atoms with E-state index in [2.05, 4.69) is 12.2 Å². The number of benzene rings is 1. The highest BCUT2D eigenvalue weighted by atomic mass is 16.1. The maximum atomic E-state index is 12.1. The Balaban J connectivity index is 2.67. The van der Waals surface area contributed by atoms with Crippen molar-refractivity contribution in [3.63, 3.8) is 0 Å². The van der Waals surface area contributed by atoms with Crippen LogP contribution in [0.1, 0.15) is 38.3 Å². The highest BCUT2D eigenvalue weighted by Gasteiger charge is 2.14. The molecule has 21 heavy (non-hydrogen) atoms. The SMILES string of the molecule is CCCCN(C)/C=C(/C#N)C(=O)NC(C)c1ccccc1. The molecule has 0 radical (unpaired) electrons. The topological polar surface area (TPSA) is 56.1 Å². The number of unbranched alkanes of at least 4 members (excludes halogenated alkanes) is 1. The third-order valence-corrected chi connectivity index (χ3v) is 3.23. The van der Waals surface area contributed by atoms with E-state index in [1.165, 1.54) is 0 Å². The van der Waals surface area contributed by atoms with Crippen molar-refractivity contribution in [3.05, 3.63) is 47.7 Å². The minimum Gasteiger partial charge on any atom is -0.379 e. The predicted octanol–water partition coefficient (Wildman–Crippen LogP) is 3.00. The molecule has 112 valence electrons. The summed E-state index contributed by atoms with van der Waals surface area (Å²) in [4.78, 5) is 14.0. The van der Waals surface area contributed by atoms with E-state index in [0.29, 0.717) is 0 Å². The van der Waals surface area contributed by atoms with Crippen molar-refractivity contribution in [2.24, 2.45) is 0 Å². The number of nitrogens with one attached hydrogen (secondary N) is 1. The van der Waals surface area contributed by atoms with Gasteiger partial charge in [-0.05, 0) is 18.9 Å². The first-order valence-electron chi connectivity index (χ1n) is 7.26. The Morgan fingerprint density at radius 1 is 1.43 bits per heavy atom. The summed E-state index contributed by atoms with van der Waals surface area (Å²) in [6.45, 7) is 4.85. The van der Waals surface area contributed by atoms with Gasteiger partial charge in [0.05, 0.1) is 6.04 Å². The molecule has 1 amide bonds. The van der Waals surface area contributed by atoms with E-state index in [9.17, 15) is 4.79 Å². The molecule has 0 saturated carbocycles. The van der Waals surface area contributed by atoms with Gasteiger partial charge in [-0.1, -0.05) is 43.7 Å². The number of nitriles is 1. The van der Waals surface area contributed by atoms with Gasteiger partial charge in [0, 0.05) is 19.8 Å². The molecule has 0 fully saturated rings. The lowest BCUT2D eigenvalue weighted by Gasteiger charge is -2.16.